The first-order valence-corrected chi connectivity index (χ1v) is 8.58. The summed E-state index contributed by atoms with van der Waals surface area (Å²) < 4.78 is 10.9. The number of methoxy groups -OCH3 is 2. The molecule has 23 heavy (non-hydrogen) atoms. The Morgan fingerprint density at radius 1 is 1.22 bits per heavy atom. The van der Waals surface area contributed by atoms with Crippen LogP contribution in [0.5, 0.6) is 11.5 Å². The second-order valence-electron chi connectivity index (χ2n) is 6.04. The van der Waals surface area contributed by atoms with Crippen LogP contribution in [0.4, 0.5) is 0 Å². The first-order chi connectivity index (χ1) is 11.2. The molecule has 130 valence electrons. The summed E-state index contributed by atoms with van der Waals surface area (Å²) in [5.74, 6) is 1.66. The Kier molecular flexibility index (Phi) is 6.69. The maximum atomic E-state index is 6.14. The van der Waals surface area contributed by atoms with Gasteiger partial charge in [-0.1, -0.05) is 19.9 Å². The zero-order valence-electron chi connectivity index (χ0n) is 14.9. The van der Waals surface area contributed by atoms with E-state index >= 15 is 0 Å². The van der Waals surface area contributed by atoms with Crippen LogP contribution in [-0.4, -0.2) is 62.8 Å². The number of hydrogen-bond acceptors (Lipinski definition) is 5. The quantitative estimate of drug-likeness (QED) is 0.834. The fourth-order valence-corrected chi connectivity index (χ4v) is 3.57. The van der Waals surface area contributed by atoms with Gasteiger partial charge in [0.2, 0.25) is 0 Å². The van der Waals surface area contributed by atoms with Crippen LogP contribution in [0.2, 0.25) is 0 Å². The summed E-state index contributed by atoms with van der Waals surface area (Å²) in [5, 5.41) is 0. The van der Waals surface area contributed by atoms with Gasteiger partial charge < -0.3 is 15.2 Å². The molecule has 1 aromatic carbocycles. The lowest BCUT2D eigenvalue weighted by atomic mass is 10.0. The molecule has 1 aliphatic rings. The molecule has 1 saturated heterocycles. The zero-order valence-corrected chi connectivity index (χ0v) is 14.9. The smallest absolute Gasteiger partial charge is 0.127 e. The van der Waals surface area contributed by atoms with Gasteiger partial charge in [0.05, 0.1) is 20.3 Å². The third kappa shape index (κ3) is 3.97. The molecule has 5 heteroatoms. The molecule has 0 aromatic heterocycles. The third-order valence-corrected chi connectivity index (χ3v) is 4.98. The van der Waals surface area contributed by atoms with E-state index in [2.05, 4.69) is 29.7 Å². The molecular weight excluding hydrogens is 290 g/mol. The Bertz CT molecular complexity index is 495. The SMILES string of the molecule is CCC1CN(C(CN)c2ccc(OC)cc2OC)CCN1CC. The molecule has 1 heterocycles. The predicted molar refractivity (Wildman–Crippen MR) is 94.2 cm³/mol. The van der Waals surface area contributed by atoms with Gasteiger partial charge in [0.1, 0.15) is 11.5 Å². The Morgan fingerprint density at radius 2 is 2.00 bits per heavy atom. The average Bonchev–Trinajstić information content (AvgIpc) is 2.62. The summed E-state index contributed by atoms with van der Waals surface area (Å²) in [7, 11) is 3.38. The largest absolute Gasteiger partial charge is 0.497 e. The molecule has 2 unspecified atom stereocenters. The topological polar surface area (TPSA) is 51.0 Å². The van der Waals surface area contributed by atoms with Crippen LogP contribution >= 0.6 is 0 Å². The van der Waals surface area contributed by atoms with Gasteiger partial charge in [-0.15, -0.1) is 0 Å². The van der Waals surface area contributed by atoms with E-state index in [1.807, 2.05) is 12.1 Å². The molecule has 0 amide bonds. The number of nitrogens with zero attached hydrogens (tertiary/aromatic N) is 2. The predicted octanol–water partition coefficient (Wildman–Crippen LogP) is 2.12. The van der Waals surface area contributed by atoms with Crippen molar-refractivity contribution in [2.45, 2.75) is 32.4 Å². The second-order valence-corrected chi connectivity index (χ2v) is 6.04. The van der Waals surface area contributed by atoms with Crippen LogP contribution in [0.15, 0.2) is 18.2 Å². The molecule has 0 spiro atoms. The Morgan fingerprint density at radius 3 is 2.57 bits per heavy atom. The van der Waals surface area contributed by atoms with Gasteiger partial charge >= 0.3 is 0 Å². The molecule has 1 aromatic rings. The van der Waals surface area contributed by atoms with Crippen LogP contribution in [0.25, 0.3) is 0 Å². The lowest BCUT2D eigenvalue weighted by Gasteiger charge is -2.44. The highest BCUT2D eigenvalue weighted by Gasteiger charge is 2.30. The molecule has 0 saturated carbocycles. The summed E-state index contributed by atoms with van der Waals surface area (Å²) in [5.41, 5.74) is 7.29. The third-order valence-electron chi connectivity index (χ3n) is 4.98. The number of likely N-dealkylation sites (N-methyl/N-ethyl adjacent to an activating group) is 1. The van der Waals surface area contributed by atoms with E-state index in [1.165, 1.54) is 6.42 Å². The standard InChI is InChI=1S/C18H31N3O2/c1-5-14-13-21(10-9-20(14)6-2)17(12-19)16-8-7-15(22-3)11-18(16)23-4/h7-8,11,14,17H,5-6,9-10,12-13,19H2,1-4H3. The van der Waals surface area contributed by atoms with Crippen molar-refractivity contribution in [2.24, 2.45) is 5.73 Å². The average molecular weight is 321 g/mol. The molecular formula is C18H31N3O2. The second kappa shape index (κ2) is 8.52. The van der Waals surface area contributed by atoms with Crippen LogP contribution in [0.3, 0.4) is 0 Å². The monoisotopic (exact) mass is 321 g/mol. The summed E-state index contributed by atoms with van der Waals surface area (Å²) >= 11 is 0. The van der Waals surface area contributed by atoms with E-state index in [4.69, 9.17) is 15.2 Å². The van der Waals surface area contributed by atoms with Crippen LogP contribution < -0.4 is 15.2 Å². The Balaban J connectivity index is 2.22. The summed E-state index contributed by atoms with van der Waals surface area (Å²) in [6, 6.07) is 6.80. The van der Waals surface area contributed by atoms with E-state index in [0.29, 0.717) is 12.6 Å². The number of nitrogens with two attached hydrogens (primary N) is 1. The van der Waals surface area contributed by atoms with Gasteiger partial charge in [-0.2, -0.15) is 0 Å². The van der Waals surface area contributed by atoms with Crippen molar-refractivity contribution in [3.05, 3.63) is 23.8 Å². The van der Waals surface area contributed by atoms with Crippen molar-refractivity contribution < 1.29 is 9.47 Å². The molecule has 5 nitrogen and oxygen atoms in total. The van der Waals surface area contributed by atoms with Gasteiger partial charge in [0.25, 0.3) is 0 Å². The highest BCUT2D eigenvalue weighted by molar-refractivity contribution is 5.42. The lowest BCUT2D eigenvalue weighted by molar-refractivity contribution is 0.0502. The van der Waals surface area contributed by atoms with E-state index in [1.54, 1.807) is 14.2 Å². The van der Waals surface area contributed by atoms with E-state index < -0.39 is 0 Å². The van der Waals surface area contributed by atoms with Crippen LogP contribution in [0.1, 0.15) is 31.9 Å². The molecule has 0 radical (unpaired) electrons. The van der Waals surface area contributed by atoms with Gasteiger partial charge in [-0.25, -0.2) is 0 Å². The summed E-state index contributed by atoms with van der Waals surface area (Å²) in [4.78, 5) is 5.07. The van der Waals surface area contributed by atoms with Crippen molar-refractivity contribution in [2.75, 3.05) is 46.9 Å². The lowest BCUT2D eigenvalue weighted by Crippen LogP contribution is -2.54. The zero-order chi connectivity index (χ0) is 16.8. The number of hydrogen-bond donors (Lipinski definition) is 1. The number of rotatable bonds is 7. The molecule has 2 atom stereocenters. The number of piperazine rings is 1. The fourth-order valence-electron chi connectivity index (χ4n) is 3.57. The summed E-state index contributed by atoms with van der Waals surface area (Å²) in [6.07, 6.45) is 1.17. The first kappa shape index (κ1) is 18.0. The Labute approximate surface area is 140 Å². The minimum atomic E-state index is 0.184. The van der Waals surface area contributed by atoms with Crippen molar-refractivity contribution >= 4 is 0 Å². The number of ether oxygens (including phenoxy) is 2. The Hall–Kier alpha value is -1.30. The molecule has 0 aliphatic carbocycles. The van der Waals surface area contributed by atoms with E-state index in [9.17, 15) is 0 Å². The van der Waals surface area contributed by atoms with Crippen molar-refractivity contribution in [1.29, 1.82) is 0 Å². The first-order valence-electron chi connectivity index (χ1n) is 8.58. The van der Waals surface area contributed by atoms with E-state index in [-0.39, 0.29) is 6.04 Å². The minimum absolute atomic E-state index is 0.184. The molecule has 0 bridgehead atoms. The van der Waals surface area contributed by atoms with Crippen molar-refractivity contribution in [3.63, 3.8) is 0 Å². The van der Waals surface area contributed by atoms with Crippen LogP contribution in [-0.2, 0) is 0 Å². The number of benzene rings is 1. The highest BCUT2D eigenvalue weighted by atomic mass is 16.5. The minimum Gasteiger partial charge on any atom is -0.497 e. The van der Waals surface area contributed by atoms with Gasteiger partial charge in [0, 0.05) is 43.9 Å². The molecule has 1 fully saturated rings. The maximum absolute atomic E-state index is 6.14. The molecule has 1 aliphatic heterocycles. The van der Waals surface area contributed by atoms with Gasteiger partial charge in [-0.05, 0) is 19.0 Å². The molecule has 2 rings (SSSR count). The van der Waals surface area contributed by atoms with Crippen LogP contribution in [0, 0.1) is 0 Å². The van der Waals surface area contributed by atoms with Gasteiger partial charge in [-0.3, -0.25) is 9.80 Å². The molecule has 2 N–H and O–H groups in total. The highest BCUT2D eigenvalue weighted by Crippen LogP contribution is 2.33. The van der Waals surface area contributed by atoms with Gasteiger partial charge in [0.15, 0.2) is 0 Å². The summed E-state index contributed by atoms with van der Waals surface area (Å²) in [6.45, 7) is 9.41. The van der Waals surface area contributed by atoms with E-state index in [0.717, 1.165) is 43.2 Å². The van der Waals surface area contributed by atoms with Crippen molar-refractivity contribution in [1.82, 2.24) is 9.80 Å². The normalized spacial score (nSPS) is 21.2. The van der Waals surface area contributed by atoms with Crippen molar-refractivity contribution in [3.8, 4) is 11.5 Å². The maximum Gasteiger partial charge on any atom is 0.127 e. The fraction of sp³-hybridized carbons (Fsp3) is 0.667.